The van der Waals surface area contributed by atoms with Crippen molar-refractivity contribution in [3.8, 4) is 5.75 Å². The number of nitrogens with zero attached hydrogens (tertiary/aromatic N) is 1. The van der Waals surface area contributed by atoms with Gasteiger partial charge in [0.25, 0.3) is 0 Å². The second-order valence-corrected chi connectivity index (χ2v) is 5.21. The smallest absolute Gasteiger partial charge is 0.357 e. The SMILES string of the molecule is CC(=NOc1ccc(C)cc1)c1cc(Cl)ccc1C(F)(F)F. The Hall–Kier alpha value is -2.01. The van der Waals surface area contributed by atoms with Gasteiger partial charge in [-0.1, -0.05) is 34.5 Å². The summed E-state index contributed by atoms with van der Waals surface area (Å²) in [4.78, 5) is 5.16. The lowest BCUT2D eigenvalue weighted by atomic mass is 10.0. The van der Waals surface area contributed by atoms with Crippen LogP contribution in [-0.4, -0.2) is 5.71 Å². The Morgan fingerprint density at radius 1 is 1.09 bits per heavy atom. The first-order valence-electron chi connectivity index (χ1n) is 6.43. The molecular weight excluding hydrogens is 315 g/mol. The zero-order valence-electron chi connectivity index (χ0n) is 11.9. The van der Waals surface area contributed by atoms with Crippen LogP contribution in [0.2, 0.25) is 5.02 Å². The summed E-state index contributed by atoms with van der Waals surface area (Å²) in [5.74, 6) is 0.445. The maximum absolute atomic E-state index is 13.0. The molecule has 0 radical (unpaired) electrons. The number of hydrogen-bond acceptors (Lipinski definition) is 2. The van der Waals surface area contributed by atoms with Gasteiger partial charge in [-0.25, -0.2) is 0 Å². The molecule has 2 nitrogen and oxygen atoms in total. The third-order valence-corrected chi connectivity index (χ3v) is 3.22. The summed E-state index contributed by atoms with van der Waals surface area (Å²) in [7, 11) is 0. The lowest BCUT2D eigenvalue weighted by molar-refractivity contribution is -0.137. The van der Waals surface area contributed by atoms with E-state index in [-0.39, 0.29) is 16.3 Å². The number of halogens is 4. The van der Waals surface area contributed by atoms with E-state index in [0.29, 0.717) is 5.75 Å². The van der Waals surface area contributed by atoms with E-state index in [2.05, 4.69) is 5.16 Å². The fourth-order valence-electron chi connectivity index (χ4n) is 1.83. The van der Waals surface area contributed by atoms with Gasteiger partial charge in [-0.15, -0.1) is 0 Å². The summed E-state index contributed by atoms with van der Waals surface area (Å²) in [6.07, 6.45) is -4.49. The predicted molar refractivity (Wildman–Crippen MR) is 80.5 cm³/mol. The van der Waals surface area contributed by atoms with Crippen LogP contribution in [-0.2, 0) is 6.18 Å². The molecule has 0 heterocycles. The van der Waals surface area contributed by atoms with Crippen LogP contribution in [0.25, 0.3) is 0 Å². The van der Waals surface area contributed by atoms with Crippen LogP contribution in [0.5, 0.6) is 5.75 Å². The molecule has 6 heteroatoms. The van der Waals surface area contributed by atoms with Crippen molar-refractivity contribution in [2.45, 2.75) is 20.0 Å². The molecule has 0 unspecified atom stereocenters. The minimum atomic E-state index is -4.49. The van der Waals surface area contributed by atoms with Gasteiger partial charge in [0.15, 0.2) is 5.75 Å². The van der Waals surface area contributed by atoms with Crippen molar-refractivity contribution < 1.29 is 18.0 Å². The highest BCUT2D eigenvalue weighted by molar-refractivity contribution is 6.31. The van der Waals surface area contributed by atoms with E-state index in [1.807, 2.05) is 19.1 Å². The van der Waals surface area contributed by atoms with Crippen molar-refractivity contribution in [3.63, 3.8) is 0 Å². The fraction of sp³-hybridized carbons (Fsp3) is 0.188. The zero-order chi connectivity index (χ0) is 16.3. The van der Waals surface area contributed by atoms with Crippen molar-refractivity contribution >= 4 is 17.3 Å². The number of rotatable bonds is 3. The van der Waals surface area contributed by atoms with Gasteiger partial charge in [0, 0.05) is 10.6 Å². The maximum atomic E-state index is 13.0. The van der Waals surface area contributed by atoms with Gasteiger partial charge >= 0.3 is 6.18 Å². The number of alkyl halides is 3. The van der Waals surface area contributed by atoms with Gasteiger partial charge in [0.05, 0.1) is 11.3 Å². The van der Waals surface area contributed by atoms with Gasteiger partial charge in [-0.3, -0.25) is 0 Å². The average Bonchev–Trinajstić information content (AvgIpc) is 2.45. The molecule has 2 rings (SSSR count). The normalized spacial score (nSPS) is 12.4. The Morgan fingerprint density at radius 3 is 2.32 bits per heavy atom. The van der Waals surface area contributed by atoms with Gasteiger partial charge in [-0.05, 0) is 44.2 Å². The molecule has 0 aliphatic carbocycles. The van der Waals surface area contributed by atoms with Gasteiger partial charge < -0.3 is 4.84 Å². The first-order chi connectivity index (χ1) is 10.3. The third-order valence-electron chi connectivity index (χ3n) is 2.99. The van der Waals surface area contributed by atoms with Crippen molar-refractivity contribution in [2.24, 2.45) is 5.16 Å². The van der Waals surface area contributed by atoms with Crippen molar-refractivity contribution in [1.82, 2.24) is 0 Å². The van der Waals surface area contributed by atoms with Crippen molar-refractivity contribution in [3.05, 3.63) is 64.2 Å². The Labute approximate surface area is 131 Å². The first-order valence-corrected chi connectivity index (χ1v) is 6.80. The molecule has 0 N–H and O–H groups in total. The van der Waals surface area contributed by atoms with Crippen LogP contribution in [0.4, 0.5) is 13.2 Å². The topological polar surface area (TPSA) is 21.6 Å². The number of hydrogen-bond donors (Lipinski definition) is 0. The summed E-state index contributed by atoms with van der Waals surface area (Å²) in [6.45, 7) is 3.36. The van der Waals surface area contributed by atoms with E-state index < -0.39 is 11.7 Å². The average molecular weight is 328 g/mol. The predicted octanol–water partition coefficient (Wildman–Crippen LogP) is 5.47. The van der Waals surface area contributed by atoms with Crippen molar-refractivity contribution in [1.29, 1.82) is 0 Å². The van der Waals surface area contributed by atoms with Crippen LogP contribution in [0.15, 0.2) is 47.6 Å². The lowest BCUT2D eigenvalue weighted by Crippen LogP contribution is -2.12. The Morgan fingerprint density at radius 2 is 1.73 bits per heavy atom. The highest BCUT2D eigenvalue weighted by Gasteiger charge is 2.34. The lowest BCUT2D eigenvalue weighted by Gasteiger charge is -2.12. The van der Waals surface area contributed by atoms with E-state index in [0.717, 1.165) is 11.6 Å². The summed E-state index contributed by atoms with van der Waals surface area (Å²) < 4.78 is 39.0. The summed E-state index contributed by atoms with van der Waals surface area (Å²) in [6, 6.07) is 10.4. The van der Waals surface area contributed by atoms with E-state index in [1.54, 1.807) is 12.1 Å². The number of benzene rings is 2. The maximum Gasteiger partial charge on any atom is 0.417 e. The summed E-state index contributed by atoms with van der Waals surface area (Å²) in [5, 5.41) is 3.97. The molecule has 0 aliphatic rings. The fourth-order valence-corrected chi connectivity index (χ4v) is 2.00. The molecule has 2 aromatic rings. The van der Waals surface area contributed by atoms with Crippen LogP contribution in [0.1, 0.15) is 23.6 Å². The highest BCUT2D eigenvalue weighted by Crippen LogP contribution is 2.33. The Balaban J connectivity index is 2.32. The molecule has 2 aromatic carbocycles. The zero-order valence-corrected chi connectivity index (χ0v) is 12.7. The standard InChI is InChI=1S/C16H13ClF3NO/c1-10-3-6-13(7-4-10)22-21-11(2)14-9-12(17)5-8-15(14)16(18,19)20/h3-9H,1-2H3. The van der Waals surface area contributed by atoms with Gasteiger partial charge in [-0.2, -0.15) is 13.2 Å². The first kappa shape index (κ1) is 16.4. The minimum Gasteiger partial charge on any atom is -0.357 e. The molecule has 0 spiro atoms. The van der Waals surface area contributed by atoms with E-state index in [4.69, 9.17) is 16.4 Å². The van der Waals surface area contributed by atoms with E-state index in [9.17, 15) is 13.2 Å². The summed E-state index contributed by atoms with van der Waals surface area (Å²) in [5.41, 5.74) is 0.232. The molecule has 0 amide bonds. The molecule has 0 atom stereocenters. The second kappa shape index (κ2) is 6.40. The van der Waals surface area contributed by atoms with Crippen LogP contribution < -0.4 is 4.84 Å². The monoisotopic (exact) mass is 327 g/mol. The van der Waals surface area contributed by atoms with Gasteiger partial charge in [0.2, 0.25) is 0 Å². The highest BCUT2D eigenvalue weighted by atomic mass is 35.5. The number of oxime groups is 1. The molecule has 22 heavy (non-hydrogen) atoms. The second-order valence-electron chi connectivity index (χ2n) is 4.77. The Bertz CT molecular complexity index is 694. The molecule has 0 aromatic heterocycles. The van der Waals surface area contributed by atoms with E-state index in [1.165, 1.54) is 19.1 Å². The molecule has 0 bridgehead atoms. The molecular formula is C16H13ClF3NO. The molecule has 0 aliphatic heterocycles. The van der Waals surface area contributed by atoms with E-state index >= 15 is 0 Å². The summed E-state index contributed by atoms with van der Waals surface area (Å²) >= 11 is 5.78. The molecule has 0 fully saturated rings. The van der Waals surface area contributed by atoms with Crippen molar-refractivity contribution in [2.75, 3.05) is 0 Å². The minimum absolute atomic E-state index is 0.0930. The number of aryl methyl sites for hydroxylation is 1. The van der Waals surface area contributed by atoms with Crippen LogP contribution >= 0.6 is 11.6 Å². The third kappa shape index (κ3) is 4.01. The molecule has 0 saturated carbocycles. The largest absolute Gasteiger partial charge is 0.417 e. The van der Waals surface area contributed by atoms with Crippen LogP contribution in [0.3, 0.4) is 0 Å². The van der Waals surface area contributed by atoms with Crippen LogP contribution in [0, 0.1) is 6.92 Å². The Kier molecular flexibility index (Phi) is 4.76. The molecule has 0 saturated heterocycles. The van der Waals surface area contributed by atoms with Gasteiger partial charge in [0.1, 0.15) is 0 Å². The molecule has 116 valence electrons. The quantitative estimate of drug-likeness (QED) is 0.541.